The molecule has 0 spiro atoms. The van der Waals surface area contributed by atoms with Gasteiger partial charge in [-0.05, 0) is 25.0 Å². The molecule has 2 N–H and O–H groups in total. The van der Waals surface area contributed by atoms with E-state index in [1.807, 2.05) is 24.3 Å². The first-order valence-corrected chi connectivity index (χ1v) is 13.5. The van der Waals surface area contributed by atoms with Crippen LogP contribution in [-0.4, -0.2) is 42.1 Å². The molecule has 6 heteroatoms. The minimum atomic E-state index is -1.13. The second-order valence-corrected chi connectivity index (χ2v) is 10.3. The number of nitrogens with zero attached hydrogens (tertiary/aromatic N) is 1. The van der Waals surface area contributed by atoms with Crippen LogP contribution in [0.4, 0.5) is 5.69 Å². The fourth-order valence-corrected chi connectivity index (χ4v) is 4.33. The Morgan fingerprint density at radius 3 is 1.69 bits per heavy atom. The number of unbranched alkanes of at least 4 members (excludes halogenated alkanes) is 13. The van der Waals surface area contributed by atoms with Gasteiger partial charge in [0.15, 0.2) is 0 Å². The highest BCUT2D eigenvalue weighted by Gasteiger charge is 2.15. The largest absolute Gasteiger partial charge is 1.00 e. The van der Waals surface area contributed by atoms with Gasteiger partial charge in [0.25, 0.3) is 0 Å². The minimum Gasteiger partial charge on any atom is -1.00 e. The van der Waals surface area contributed by atoms with Crippen LogP contribution in [-0.2, 0) is 16.1 Å². The van der Waals surface area contributed by atoms with Crippen molar-refractivity contribution in [3.63, 3.8) is 0 Å². The number of carboxylic acid groups (broad SMARTS) is 1. The number of halogens is 1. The fraction of sp³-hybridized carbons (Fsp3) is 0.655. The molecule has 0 atom stereocenters. The summed E-state index contributed by atoms with van der Waals surface area (Å²) in [6, 6.07) is 7.80. The summed E-state index contributed by atoms with van der Waals surface area (Å²) in [6.07, 6.45) is 21.2. The standard InChI is InChI=1S/C29H48N2O3.ClH/c1-4-5-6-7-8-9-10-11-12-13-14-15-16-17-24-31(2,3)25-26-18-20-27(21-19-26)30-28(32)22-23-29(33)34;/h18-23H,4-17,24-25H2,1-3H3,(H-,30,32,33,34);1H. The van der Waals surface area contributed by atoms with Gasteiger partial charge in [-0.25, -0.2) is 4.79 Å². The lowest BCUT2D eigenvalue weighted by Crippen LogP contribution is -3.00. The van der Waals surface area contributed by atoms with E-state index in [1.54, 1.807) is 0 Å². The van der Waals surface area contributed by atoms with Gasteiger partial charge in [-0.15, -0.1) is 0 Å². The molecule has 1 amide bonds. The number of benzene rings is 1. The highest BCUT2D eigenvalue weighted by atomic mass is 35.5. The molecule has 35 heavy (non-hydrogen) atoms. The maximum atomic E-state index is 11.7. The normalized spacial score (nSPS) is 11.4. The van der Waals surface area contributed by atoms with Crippen LogP contribution in [0.1, 0.15) is 102 Å². The molecule has 0 saturated heterocycles. The zero-order valence-electron chi connectivity index (χ0n) is 22.4. The van der Waals surface area contributed by atoms with Gasteiger partial charge in [0, 0.05) is 23.4 Å². The molecule has 0 heterocycles. The van der Waals surface area contributed by atoms with E-state index >= 15 is 0 Å². The Morgan fingerprint density at radius 1 is 0.771 bits per heavy atom. The van der Waals surface area contributed by atoms with Crippen LogP contribution in [0, 0.1) is 0 Å². The SMILES string of the molecule is CCCCCCCCCCCCCCCC[N+](C)(C)Cc1ccc(NC(=O)C=CC(=O)O)cc1.[Cl-]. The zero-order chi connectivity index (χ0) is 25.1. The van der Waals surface area contributed by atoms with Crippen LogP contribution < -0.4 is 17.7 Å². The Balaban J connectivity index is 0.0000116. The first kappa shape index (κ1) is 33.1. The third-order valence-electron chi connectivity index (χ3n) is 6.33. The van der Waals surface area contributed by atoms with E-state index in [4.69, 9.17) is 5.11 Å². The molecule has 1 aromatic carbocycles. The molecule has 0 radical (unpaired) electrons. The highest BCUT2D eigenvalue weighted by Crippen LogP contribution is 2.16. The lowest BCUT2D eigenvalue weighted by atomic mass is 10.0. The quantitative estimate of drug-likeness (QED) is 0.156. The van der Waals surface area contributed by atoms with Gasteiger partial charge >= 0.3 is 5.97 Å². The molecule has 0 aliphatic rings. The number of anilines is 1. The number of carbonyl (C=O) groups is 2. The van der Waals surface area contributed by atoms with Crippen LogP contribution >= 0.6 is 0 Å². The number of hydrogen-bond donors (Lipinski definition) is 2. The van der Waals surface area contributed by atoms with Crippen molar-refractivity contribution in [1.82, 2.24) is 0 Å². The molecule has 200 valence electrons. The molecule has 0 aliphatic heterocycles. The smallest absolute Gasteiger partial charge is 0.328 e. The summed E-state index contributed by atoms with van der Waals surface area (Å²) < 4.78 is 0.950. The molecule has 0 unspecified atom stereocenters. The van der Waals surface area contributed by atoms with E-state index in [0.717, 1.165) is 29.7 Å². The second kappa shape index (κ2) is 20.4. The molecular weight excluding hydrogens is 460 g/mol. The fourth-order valence-electron chi connectivity index (χ4n) is 4.33. The molecule has 0 aliphatic carbocycles. The summed E-state index contributed by atoms with van der Waals surface area (Å²) in [6.45, 7) is 4.39. The first-order chi connectivity index (χ1) is 16.3. The van der Waals surface area contributed by atoms with Crippen LogP contribution in [0.3, 0.4) is 0 Å². The van der Waals surface area contributed by atoms with Gasteiger partial charge in [0.2, 0.25) is 5.91 Å². The molecule has 5 nitrogen and oxygen atoms in total. The maximum Gasteiger partial charge on any atom is 0.328 e. The molecule has 1 aromatic rings. The van der Waals surface area contributed by atoms with Crippen molar-refractivity contribution in [1.29, 1.82) is 0 Å². The van der Waals surface area contributed by atoms with E-state index in [1.165, 1.54) is 95.5 Å². The van der Waals surface area contributed by atoms with Gasteiger partial charge in [-0.2, -0.15) is 0 Å². The van der Waals surface area contributed by atoms with E-state index in [-0.39, 0.29) is 12.4 Å². The van der Waals surface area contributed by atoms with Gasteiger partial charge in [0.05, 0.1) is 20.6 Å². The number of amides is 1. The number of nitrogens with one attached hydrogen (secondary N) is 1. The Bertz CT molecular complexity index is 717. The molecular formula is C29H49ClN2O3. The molecule has 0 fully saturated rings. The van der Waals surface area contributed by atoms with E-state index < -0.39 is 11.9 Å². The Morgan fingerprint density at radius 2 is 1.23 bits per heavy atom. The number of carboxylic acids is 1. The molecule has 0 aromatic heterocycles. The van der Waals surface area contributed by atoms with E-state index in [9.17, 15) is 9.59 Å². The summed E-state index contributed by atoms with van der Waals surface area (Å²) in [5.74, 6) is -1.58. The maximum absolute atomic E-state index is 11.7. The number of rotatable bonds is 20. The Hall–Kier alpha value is -1.85. The Labute approximate surface area is 220 Å². The summed E-state index contributed by atoms with van der Waals surface area (Å²) in [4.78, 5) is 22.2. The molecule has 0 saturated carbocycles. The van der Waals surface area contributed by atoms with Crippen molar-refractivity contribution in [2.75, 3.05) is 26.0 Å². The van der Waals surface area contributed by atoms with Gasteiger partial charge < -0.3 is 27.3 Å². The van der Waals surface area contributed by atoms with Crippen molar-refractivity contribution in [3.05, 3.63) is 42.0 Å². The molecule has 0 bridgehead atoms. The lowest BCUT2D eigenvalue weighted by Gasteiger charge is -2.30. The van der Waals surface area contributed by atoms with Crippen LogP contribution in [0.15, 0.2) is 36.4 Å². The summed E-state index contributed by atoms with van der Waals surface area (Å²) in [5, 5.41) is 11.3. The minimum absolute atomic E-state index is 0. The second-order valence-electron chi connectivity index (χ2n) is 10.3. The van der Waals surface area contributed by atoms with Crippen molar-refractivity contribution < 1.29 is 31.6 Å². The van der Waals surface area contributed by atoms with E-state index in [2.05, 4.69) is 26.3 Å². The first-order valence-electron chi connectivity index (χ1n) is 13.5. The van der Waals surface area contributed by atoms with Crippen molar-refractivity contribution in [3.8, 4) is 0 Å². The van der Waals surface area contributed by atoms with Crippen LogP contribution in [0.2, 0.25) is 0 Å². The Kier molecular flexibility index (Phi) is 19.3. The van der Waals surface area contributed by atoms with Crippen LogP contribution in [0.5, 0.6) is 0 Å². The van der Waals surface area contributed by atoms with Crippen molar-refractivity contribution >= 4 is 17.6 Å². The van der Waals surface area contributed by atoms with E-state index in [0.29, 0.717) is 5.69 Å². The summed E-state index contributed by atoms with van der Waals surface area (Å²) in [5.41, 5.74) is 1.90. The van der Waals surface area contributed by atoms with Crippen molar-refractivity contribution in [2.45, 2.75) is 103 Å². The average Bonchev–Trinajstić information content (AvgIpc) is 2.79. The number of carbonyl (C=O) groups excluding carboxylic acids is 1. The van der Waals surface area contributed by atoms with Crippen LogP contribution in [0.25, 0.3) is 0 Å². The predicted octanol–water partition coefficient (Wildman–Crippen LogP) is 4.33. The van der Waals surface area contributed by atoms with Gasteiger partial charge in [-0.1, -0.05) is 96.1 Å². The lowest BCUT2D eigenvalue weighted by molar-refractivity contribution is -0.903. The average molecular weight is 509 g/mol. The van der Waals surface area contributed by atoms with Crippen molar-refractivity contribution in [2.24, 2.45) is 0 Å². The molecule has 1 rings (SSSR count). The van der Waals surface area contributed by atoms with Gasteiger partial charge in [0.1, 0.15) is 6.54 Å². The zero-order valence-corrected chi connectivity index (χ0v) is 23.1. The topological polar surface area (TPSA) is 66.4 Å². The monoisotopic (exact) mass is 508 g/mol. The number of hydrogen-bond acceptors (Lipinski definition) is 2. The number of quaternary nitrogens is 1. The third-order valence-corrected chi connectivity index (χ3v) is 6.33. The predicted molar refractivity (Wildman–Crippen MR) is 143 cm³/mol. The summed E-state index contributed by atoms with van der Waals surface area (Å²) in [7, 11) is 4.54. The van der Waals surface area contributed by atoms with Gasteiger partial charge in [-0.3, -0.25) is 4.79 Å². The third kappa shape index (κ3) is 19.1. The number of aliphatic carboxylic acids is 1. The summed E-state index contributed by atoms with van der Waals surface area (Å²) >= 11 is 0. The highest BCUT2D eigenvalue weighted by molar-refractivity contribution is 6.02.